The van der Waals surface area contributed by atoms with Crippen molar-refractivity contribution in [3.8, 4) is 0 Å². The van der Waals surface area contributed by atoms with E-state index in [-0.39, 0.29) is 47.0 Å². The molecule has 16 heteroatoms. The van der Waals surface area contributed by atoms with Gasteiger partial charge >= 0.3 is 41.6 Å². The number of hydrazone groups is 1. The fourth-order valence-corrected chi connectivity index (χ4v) is 3.32. The van der Waals surface area contributed by atoms with Gasteiger partial charge in [-0.1, -0.05) is 0 Å². The van der Waals surface area contributed by atoms with Crippen LogP contribution in [0.4, 0.5) is 9.59 Å². The zero-order valence-corrected chi connectivity index (χ0v) is 19.4. The van der Waals surface area contributed by atoms with Crippen LogP contribution in [0.5, 0.6) is 0 Å². The Hall–Kier alpha value is -2.46. The van der Waals surface area contributed by atoms with Gasteiger partial charge in [0.15, 0.2) is 10.3 Å². The zero-order chi connectivity index (χ0) is 22.1. The van der Waals surface area contributed by atoms with Crippen LogP contribution in [0.15, 0.2) is 27.9 Å². The molecular formula is C15H17N6NaO8S. The van der Waals surface area contributed by atoms with Gasteiger partial charge in [-0.25, -0.2) is 32.2 Å². The molecule has 1 aromatic rings. The summed E-state index contributed by atoms with van der Waals surface area (Å²) >= 11 is 0. The molecule has 0 radical (unpaired) electrons. The second-order valence-corrected chi connectivity index (χ2v) is 7.67. The van der Waals surface area contributed by atoms with Gasteiger partial charge in [0.05, 0.1) is 32.1 Å². The van der Waals surface area contributed by atoms with Crippen molar-refractivity contribution >= 4 is 40.4 Å². The van der Waals surface area contributed by atoms with Crippen LogP contribution in [-0.4, -0.2) is 89.0 Å². The first-order chi connectivity index (χ1) is 14.1. The van der Waals surface area contributed by atoms with E-state index in [0.717, 1.165) is 9.91 Å². The maximum atomic E-state index is 12.3. The second kappa shape index (κ2) is 9.78. The number of amides is 6. The summed E-state index contributed by atoms with van der Waals surface area (Å²) in [6.07, 6.45) is 2.75. The van der Waals surface area contributed by atoms with Crippen LogP contribution in [0.2, 0.25) is 0 Å². The molecular weight excluding hydrogens is 447 g/mol. The Kier molecular flexibility index (Phi) is 7.82. The summed E-state index contributed by atoms with van der Waals surface area (Å²) in [5.41, 5.74) is 0. The molecule has 0 aliphatic carbocycles. The topological polar surface area (TPSA) is 185 Å². The third-order valence-corrected chi connectivity index (χ3v) is 5.18. The maximum absolute atomic E-state index is 12.3. The van der Waals surface area contributed by atoms with E-state index in [4.69, 9.17) is 4.42 Å². The number of hydrogen-bond donors (Lipinski definition) is 2. The molecule has 0 spiro atoms. The summed E-state index contributed by atoms with van der Waals surface area (Å²) in [5, 5.41) is 9.52. The van der Waals surface area contributed by atoms with Crippen LogP contribution in [0.3, 0.4) is 0 Å². The first-order valence-corrected chi connectivity index (χ1v) is 9.99. The van der Waals surface area contributed by atoms with Gasteiger partial charge in [-0.2, -0.15) is 5.10 Å². The standard InChI is InChI=1S/C15H18N6O8S.Na/c1-9(12(22)18-11-8-21(13(11)23)30(26,27)28)17-14(24)19-4-5-20(15(19)25)16-7-10-3-2-6-29-10;/h2-3,6-7,9,11H,4-5,8H2,1H3,(H,17,24)(H,18,22)(H,26,27,28);/q;+1/p-1. The maximum Gasteiger partial charge on any atom is 1.00 e. The number of carbonyl (C=O) groups excluding carboxylic acids is 4. The summed E-state index contributed by atoms with van der Waals surface area (Å²) in [7, 11) is -4.92. The number of rotatable bonds is 6. The number of urea groups is 2. The minimum atomic E-state index is -4.92. The van der Waals surface area contributed by atoms with Gasteiger partial charge in [0.2, 0.25) is 5.91 Å². The van der Waals surface area contributed by atoms with Gasteiger partial charge in [0.25, 0.3) is 5.91 Å². The van der Waals surface area contributed by atoms with E-state index in [2.05, 4.69) is 15.7 Å². The third-order valence-electron chi connectivity index (χ3n) is 4.31. The number of carbonyl (C=O) groups is 4. The third kappa shape index (κ3) is 5.62. The van der Waals surface area contributed by atoms with Crippen molar-refractivity contribution in [1.29, 1.82) is 0 Å². The molecule has 6 amide bonds. The molecule has 31 heavy (non-hydrogen) atoms. The van der Waals surface area contributed by atoms with Crippen molar-refractivity contribution in [2.75, 3.05) is 19.6 Å². The Morgan fingerprint density at radius 3 is 2.65 bits per heavy atom. The van der Waals surface area contributed by atoms with Crippen LogP contribution < -0.4 is 40.2 Å². The Labute approximate surface area is 198 Å². The average molecular weight is 464 g/mol. The van der Waals surface area contributed by atoms with E-state index in [1.165, 1.54) is 19.4 Å². The summed E-state index contributed by atoms with van der Waals surface area (Å²) in [4.78, 5) is 49.1. The van der Waals surface area contributed by atoms with E-state index in [1.54, 1.807) is 12.1 Å². The number of furan rings is 1. The SMILES string of the molecule is CC(NC(=O)N1CCN(N=Cc2ccco2)C1=O)C(=O)NC1CN(S(=O)(=O)[O-])C1=O.[Na+]. The number of β-lactam (4-membered cyclic amide) rings is 1. The van der Waals surface area contributed by atoms with E-state index in [1.807, 2.05) is 0 Å². The molecule has 2 saturated heterocycles. The zero-order valence-electron chi connectivity index (χ0n) is 16.5. The largest absolute Gasteiger partial charge is 1.00 e. The minimum Gasteiger partial charge on any atom is -0.731 e. The van der Waals surface area contributed by atoms with Crippen LogP contribution in [0, 0.1) is 0 Å². The van der Waals surface area contributed by atoms with Gasteiger partial charge in [-0.3, -0.25) is 9.59 Å². The summed E-state index contributed by atoms with van der Waals surface area (Å²) in [5.74, 6) is -1.43. The Morgan fingerprint density at radius 2 is 2.06 bits per heavy atom. The van der Waals surface area contributed by atoms with Crippen LogP contribution >= 0.6 is 0 Å². The molecule has 2 N–H and O–H groups in total. The molecule has 14 nitrogen and oxygen atoms in total. The molecule has 3 rings (SSSR count). The Morgan fingerprint density at radius 1 is 1.35 bits per heavy atom. The predicted molar refractivity (Wildman–Crippen MR) is 96.4 cm³/mol. The van der Waals surface area contributed by atoms with Gasteiger partial charge in [-0.05, 0) is 19.1 Å². The van der Waals surface area contributed by atoms with E-state index < -0.39 is 52.8 Å². The quantitative estimate of drug-likeness (QED) is 0.182. The molecule has 2 fully saturated rings. The summed E-state index contributed by atoms with van der Waals surface area (Å²) < 4.78 is 37.5. The van der Waals surface area contributed by atoms with E-state index >= 15 is 0 Å². The Balaban J connectivity index is 0.00000341. The molecule has 1 aromatic heterocycles. The Bertz CT molecular complexity index is 997. The van der Waals surface area contributed by atoms with Gasteiger partial charge in [0, 0.05) is 0 Å². The van der Waals surface area contributed by atoms with Crippen molar-refractivity contribution in [2.45, 2.75) is 19.0 Å². The number of hydrogen-bond acceptors (Lipinski definition) is 9. The van der Waals surface area contributed by atoms with Crippen molar-refractivity contribution in [1.82, 2.24) is 24.8 Å². The van der Waals surface area contributed by atoms with Crippen LogP contribution in [0.1, 0.15) is 12.7 Å². The van der Waals surface area contributed by atoms with Crippen molar-refractivity contribution in [3.05, 3.63) is 24.2 Å². The van der Waals surface area contributed by atoms with Crippen molar-refractivity contribution in [2.24, 2.45) is 5.10 Å². The average Bonchev–Trinajstić information content (AvgIpc) is 3.31. The molecule has 2 aliphatic rings. The monoisotopic (exact) mass is 464 g/mol. The number of nitrogens with zero attached hydrogens (tertiary/aromatic N) is 4. The molecule has 3 heterocycles. The van der Waals surface area contributed by atoms with E-state index in [0.29, 0.717) is 5.76 Å². The molecule has 0 aromatic carbocycles. The van der Waals surface area contributed by atoms with Gasteiger partial charge in [0.1, 0.15) is 17.8 Å². The molecule has 0 saturated carbocycles. The minimum absolute atomic E-state index is 0. The summed E-state index contributed by atoms with van der Waals surface area (Å²) in [6.45, 7) is 1.00. The molecule has 2 atom stereocenters. The van der Waals surface area contributed by atoms with Crippen LogP contribution in [0.25, 0.3) is 0 Å². The number of nitrogens with one attached hydrogen (secondary N) is 2. The fraction of sp³-hybridized carbons (Fsp3) is 0.400. The first kappa shape index (κ1) is 24.8. The fourth-order valence-electron chi connectivity index (χ4n) is 2.64. The predicted octanol–water partition coefficient (Wildman–Crippen LogP) is -4.76. The van der Waals surface area contributed by atoms with Gasteiger partial charge in [-0.15, -0.1) is 0 Å². The van der Waals surface area contributed by atoms with E-state index in [9.17, 15) is 32.1 Å². The smallest absolute Gasteiger partial charge is 0.731 e. The van der Waals surface area contributed by atoms with Crippen LogP contribution in [-0.2, 0) is 19.9 Å². The first-order valence-electron chi connectivity index (χ1n) is 8.62. The van der Waals surface area contributed by atoms with Gasteiger partial charge < -0.3 is 19.6 Å². The molecule has 0 bridgehead atoms. The number of imide groups is 1. The summed E-state index contributed by atoms with van der Waals surface area (Å²) in [6, 6.07) is -0.589. The molecule has 2 aliphatic heterocycles. The van der Waals surface area contributed by atoms with Crippen molar-refractivity contribution < 1.29 is 66.1 Å². The molecule has 2 unspecified atom stereocenters. The second-order valence-electron chi connectivity index (χ2n) is 6.38. The normalized spacial score (nSPS) is 19.8. The van der Waals surface area contributed by atoms with Crippen molar-refractivity contribution in [3.63, 3.8) is 0 Å². The molecule has 162 valence electrons.